The lowest BCUT2D eigenvalue weighted by molar-refractivity contribution is 0.959. The third-order valence-corrected chi connectivity index (χ3v) is 9.07. The maximum Gasteiger partial charge on any atom is 0.232 e. The molecule has 2 N–H and O–H groups in total. The molecule has 8 heteroatoms. The van der Waals surface area contributed by atoms with E-state index in [1.54, 1.807) is 0 Å². The van der Waals surface area contributed by atoms with Gasteiger partial charge < -0.3 is 15.1 Å². The molecule has 0 bridgehead atoms. The van der Waals surface area contributed by atoms with Crippen LogP contribution in [-0.4, -0.2) is 51.7 Å². The van der Waals surface area contributed by atoms with Gasteiger partial charge in [0, 0.05) is 14.1 Å². The third-order valence-electron chi connectivity index (χ3n) is 3.71. The van der Waals surface area contributed by atoms with Crippen molar-refractivity contribution in [3.05, 3.63) is 0 Å². The SMILES string of the molecule is CC(C)P(Nc1nc(NP(C(C)C)C(C)C)nc(N(C)C)n1)C(C)C. The van der Waals surface area contributed by atoms with Gasteiger partial charge in [0.2, 0.25) is 17.8 Å². The van der Waals surface area contributed by atoms with Crippen molar-refractivity contribution < 1.29 is 0 Å². The van der Waals surface area contributed by atoms with Crippen molar-refractivity contribution in [2.75, 3.05) is 29.2 Å². The second-order valence-electron chi connectivity index (χ2n) is 7.59. The molecule has 25 heavy (non-hydrogen) atoms. The average Bonchev–Trinajstić information content (AvgIpc) is 2.48. The van der Waals surface area contributed by atoms with Crippen molar-refractivity contribution in [3.8, 4) is 0 Å². The molecule has 0 radical (unpaired) electrons. The highest BCUT2D eigenvalue weighted by Crippen LogP contribution is 2.47. The molecule has 0 spiro atoms. The third kappa shape index (κ3) is 6.83. The number of hydrogen-bond acceptors (Lipinski definition) is 6. The van der Waals surface area contributed by atoms with Gasteiger partial charge in [-0.2, -0.15) is 15.0 Å². The molecule has 6 nitrogen and oxygen atoms in total. The molecule has 144 valence electrons. The molecular formula is C17H36N6P2. The Bertz CT molecular complexity index is 478. The van der Waals surface area contributed by atoms with E-state index in [1.807, 2.05) is 19.0 Å². The van der Waals surface area contributed by atoms with E-state index in [9.17, 15) is 0 Å². The van der Waals surface area contributed by atoms with Gasteiger partial charge in [0.15, 0.2) is 0 Å². The average molecular weight is 386 g/mol. The van der Waals surface area contributed by atoms with Gasteiger partial charge in [0.1, 0.15) is 0 Å². The minimum atomic E-state index is -0.388. The first-order valence-corrected chi connectivity index (χ1v) is 12.0. The van der Waals surface area contributed by atoms with Crippen molar-refractivity contribution in [2.45, 2.75) is 78.0 Å². The van der Waals surface area contributed by atoms with Crippen LogP contribution >= 0.6 is 16.1 Å². The van der Waals surface area contributed by atoms with E-state index in [2.05, 4.69) is 80.5 Å². The summed E-state index contributed by atoms with van der Waals surface area (Å²) in [6, 6.07) is 0. The summed E-state index contributed by atoms with van der Waals surface area (Å²) < 4.78 is 0. The lowest BCUT2D eigenvalue weighted by Gasteiger charge is -2.28. The van der Waals surface area contributed by atoms with Crippen LogP contribution in [0.25, 0.3) is 0 Å². The molecule has 1 rings (SSSR count). The monoisotopic (exact) mass is 386 g/mol. The fourth-order valence-electron chi connectivity index (χ4n) is 2.60. The Morgan fingerprint density at radius 2 is 0.960 bits per heavy atom. The summed E-state index contributed by atoms with van der Waals surface area (Å²) in [6.45, 7) is 18.0. The van der Waals surface area contributed by atoms with Crippen LogP contribution < -0.4 is 15.1 Å². The maximum atomic E-state index is 4.69. The van der Waals surface area contributed by atoms with Crippen LogP contribution in [0.3, 0.4) is 0 Å². The Labute approximate surface area is 156 Å². The number of nitrogens with one attached hydrogen (secondary N) is 2. The van der Waals surface area contributed by atoms with E-state index in [0.717, 1.165) is 0 Å². The van der Waals surface area contributed by atoms with Crippen LogP contribution in [0.4, 0.5) is 17.8 Å². The smallest absolute Gasteiger partial charge is 0.232 e. The van der Waals surface area contributed by atoms with Crippen molar-refractivity contribution in [2.24, 2.45) is 0 Å². The van der Waals surface area contributed by atoms with Crippen molar-refractivity contribution in [3.63, 3.8) is 0 Å². The van der Waals surface area contributed by atoms with Gasteiger partial charge in [-0.3, -0.25) is 0 Å². The molecule has 0 aliphatic heterocycles. The first-order valence-electron chi connectivity index (χ1n) is 9.06. The van der Waals surface area contributed by atoms with Crippen molar-refractivity contribution >= 4 is 34.0 Å². The zero-order valence-corrected chi connectivity index (χ0v) is 19.3. The van der Waals surface area contributed by atoms with E-state index in [0.29, 0.717) is 40.5 Å². The van der Waals surface area contributed by atoms with Gasteiger partial charge in [-0.15, -0.1) is 0 Å². The highest BCUT2D eigenvalue weighted by atomic mass is 31.1. The minimum absolute atomic E-state index is 0.388. The molecule has 1 heterocycles. The number of nitrogens with zero attached hydrogens (tertiary/aromatic N) is 4. The predicted octanol–water partition coefficient (Wildman–Crippen LogP) is 5.19. The molecule has 0 aliphatic rings. The van der Waals surface area contributed by atoms with Gasteiger partial charge >= 0.3 is 0 Å². The molecular weight excluding hydrogens is 350 g/mol. The van der Waals surface area contributed by atoms with Gasteiger partial charge in [0.25, 0.3) is 0 Å². The quantitative estimate of drug-likeness (QED) is 0.570. The van der Waals surface area contributed by atoms with E-state index < -0.39 is 0 Å². The van der Waals surface area contributed by atoms with Crippen LogP contribution in [0.15, 0.2) is 0 Å². The Kier molecular flexibility index (Phi) is 8.77. The van der Waals surface area contributed by atoms with Gasteiger partial charge in [-0.25, -0.2) is 0 Å². The fourth-order valence-corrected chi connectivity index (χ4v) is 6.68. The van der Waals surface area contributed by atoms with E-state index in [-0.39, 0.29) is 16.1 Å². The molecule has 0 amide bonds. The molecule has 0 atom stereocenters. The van der Waals surface area contributed by atoms with Gasteiger partial charge in [-0.1, -0.05) is 55.4 Å². The normalized spacial score (nSPS) is 12.2. The Morgan fingerprint density at radius 3 is 1.20 bits per heavy atom. The minimum Gasteiger partial charge on any atom is -0.347 e. The first kappa shape index (κ1) is 22.3. The Hall–Kier alpha value is -0.730. The first-order chi connectivity index (χ1) is 11.5. The highest BCUT2D eigenvalue weighted by molar-refractivity contribution is 7.60. The van der Waals surface area contributed by atoms with Crippen LogP contribution in [0, 0.1) is 0 Å². The summed E-state index contributed by atoms with van der Waals surface area (Å²) in [7, 11) is 3.15. The van der Waals surface area contributed by atoms with Crippen LogP contribution in [-0.2, 0) is 0 Å². The number of anilines is 3. The lowest BCUT2D eigenvalue weighted by Crippen LogP contribution is -2.19. The van der Waals surface area contributed by atoms with Crippen LogP contribution in [0.1, 0.15) is 55.4 Å². The fraction of sp³-hybridized carbons (Fsp3) is 0.824. The summed E-state index contributed by atoms with van der Waals surface area (Å²) in [4.78, 5) is 15.8. The summed E-state index contributed by atoms with van der Waals surface area (Å²) in [5.74, 6) is 2.04. The molecule has 1 aromatic rings. The standard InChI is InChI=1S/C17H36N6P2/c1-11(2)24(12(3)4)21-15-18-16(20-17(19-15)23(9)10)22-25(13(5)6)14(7)8/h11-14H,1-10H3,(H2,18,19,20,21,22). The Balaban J connectivity index is 3.16. The summed E-state index contributed by atoms with van der Waals surface area (Å²) >= 11 is 0. The molecule has 0 saturated carbocycles. The zero-order valence-electron chi connectivity index (χ0n) is 17.5. The maximum absolute atomic E-state index is 4.69. The van der Waals surface area contributed by atoms with Crippen molar-refractivity contribution in [1.82, 2.24) is 15.0 Å². The van der Waals surface area contributed by atoms with Crippen LogP contribution in [0.5, 0.6) is 0 Å². The number of hydrogen-bond donors (Lipinski definition) is 2. The molecule has 0 aromatic carbocycles. The second kappa shape index (κ2) is 9.83. The van der Waals surface area contributed by atoms with E-state index >= 15 is 0 Å². The second-order valence-corrected chi connectivity index (χ2v) is 13.8. The van der Waals surface area contributed by atoms with Crippen molar-refractivity contribution in [1.29, 1.82) is 0 Å². The van der Waals surface area contributed by atoms with Crippen LogP contribution in [0.2, 0.25) is 0 Å². The van der Waals surface area contributed by atoms with E-state index in [4.69, 9.17) is 0 Å². The van der Waals surface area contributed by atoms with Gasteiger partial charge in [-0.05, 0) is 38.8 Å². The Morgan fingerprint density at radius 1 is 0.640 bits per heavy atom. The summed E-state index contributed by atoms with van der Waals surface area (Å²) in [5, 5.41) is 7.18. The lowest BCUT2D eigenvalue weighted by atomic mass is 10.5. The number of aromatic nitrogens is 3. The predicted molar refractivity (Wildman–Crippen MR) is 116 cm³/mol. The highest BCUT2D eigenvalue weighted by Gasteiger charge is 2.22. The summed E-state index contributed by atoms with van der Waals surface area (Å²) in [6.07, 6.45) is 0. The van der Waals surface area contributed by atoms with Gasteiger partial charge in [0.05, 0.1) is 0 Å². The molecule has 0 saturated heterocycles. The molecule has 0 fully saturated rings. The largest absolute Gasteiger partial charge is 0.347 e. The van der Waals surface area contributed by atoms with E-state index in [1.165, 1.54) is 0 Å². The summed E-state index contributed by atoms with van der Waals surface area (Å²) in [5.41, 5.74) is 2.26. The number of rotatable bonds is 9. The topological polar surface area (TPSA) is 66.0 Å². The molecule has 0 aliphatic carbocycles. The molecule has 0 unspecified atom stereocenters. The molecule has 1 aromatic heterocycles. The zero-order chi connectivity index (χ0) is 19.3.